The number of hydrogen-bond acceptors (Lipinski definition) is 1. The number of anilines is 1. The fourth-order valence-electron chi connectivity index (χ4n) is 0.719. The lowest BCUT2D eigenvalue weighted by atomic mass is 10.3. The van der Waals surface area contributed by atoms with Gasteiger partial charge >= 0.3 is 0 Å². The van der Waals surface area contributed by atoms with E-state index in [0.717, 1.165) is 0 Å². The summed E-state index contributed by atoms with van der Waals surface area (Å²) in [5.74, 6) is -1.20. The molecule has 0 aliphatic rings. The van der Waals surface area contributed by atoms with Gasteiger partial charge < -0.3 is 5.32 Å². The maximum atomic E-state index is 12.9. The van der Waals surface area contributed by atoms with Crippen molar-refractivity contribution >= 4 is 21.6 Å². The smallest absolute Gasteiger partial charge is 0.163 e. The summed E-state index contributed by atoms with van der Waals surface area (Å²) in [6.45, 7) is 0. The largest absolute Gasteiger partial charge is 0.386 e. The highest BCUT2D eigenvalue weighted by Gasteiger charge is 2.08. The van der Waals surface area contributed by atoms with Gasteiger partial charge in [0.25, 0.3) is 0 Å². The zero-order valence-corrected chi connectivity index (χ0v) is 7.37. The van der Waals surface area contributed by atoms with E-state index >= 15 is 0 Å². The SMILES string of the molecule is CNc1ccc(F)c(Br)c1F. The van der Waals surface area contributed by atoms with Crippen LogP contribution in [-0.4, -0.2) is 7.05 Å². The van der Waals surface area contributed by atoms with Crippen LogP contribution in [0.1, 0.15) is 0 Å². The molecule has 4 heteroatoms. The summed E-state index contributed by atoms with van der Waals surface area (Å²) >= 11 is 2.78. The van der Waals surface area contributed by atoms with Crippen LogP contribution in [0.5, 0.6) is 0 Å². The molecule has 0 amide bonds. The number of rotatable bonds is 1. The predicted molar refractivity (Wildman–Crippen MR) is 43.6 cm³/mol. The lowest BCUT2D eigenvalue weighted by molar-refractivity contribution is 0.574. The Balaban J connectivity index is 3.25. The molecule has 0 unspecified atom stereocenters. The highest BCUT2D eigenvalue weighted by molar-refractivity contribution is 9.10. The highest BCUT2D eigenvalue weighted by Crippen LogP contribution is 2.25. The Morgan fingerprint density at radius 2 is 2.00 bits per heavy atom. The Bertz CT molecular complexity index is 275. The van der Waals surface area contributed by atoms with E-state index in [2.05, 4.69) is 21.2 Å². The quantitative estimate of drug-likeness (QED) is 0.720. The molecule has 0 aromatic heterocycles. The van der Waals surface area contributed by atoms with Crippen molar-refractivity contribution in [2.75, 3.05) is 12.4 Å². The van der Waals surface area contributed by atoms with Crippen LogP contribution in [0.3, 0.4) is 0 Å². The third-order valence-corrected chi connectivity index (χ3v) is 2.03. The zero-order chi connectivity index (χ0) is 8.43. The average Bonchev–Trinajstić information content (AvgIpc) is 2.01. The zero-order valence-electron chi connectivity index (χ0n) is 5.79. The van der Waals surface area contributed by atoms with Gasteiger partial charge in [0.15, 0.2) is 5.82 Å². The van der Waals surface area contributed by atoms with Crippen LogP contribution in [0.4, 0.5) is 14.5 Å². The second-order valence-electron chi connectivity index (χ2n) is 1.97. The van der Waals surface area contributed by atoms with Crippen LogP contribution in [0, 0.1) is 11.6 Å². The van der Waals surface area contributed by atoms with Crippen molar-refractivity contribution in [1.82, 2.24) is 0 Å². The van der Waals surface area contributed by atoms with Crippen molar-refractivity contribution in [1.29, 1.82) is 0 Å². The summed E-state index contributed by atoms with van der Waals surface area (Å²) in [7, 11) is 1.57. The van der Waals surface area contributed by atoms with Gasteiger partial charge in [-0.1, -0.05) is 0 Å². The van der Waals surface area contributed by atoms with Gasteiger partial charge in [0.2, 0.25) is 0 Å². The summed E-state index contributed by atoms with van der Waals surface area (Å²) in [4.78, 5) is 0. The van der Waals surface area contributed by atoms with Gasteiger partial charge in [0, 0.05) is 7.05 Å². The Morgan fingerprint density at radius 3 is 2.55 bits per heavy atom. The van der Waals surface area contributed by atoms with Crippen molar-refractivity contribution in [3.8, 4) is 0 Å². The molecule has 0 atom stereocenters. The first-order valence-corrected chi connectivity index (χ1v) is 3.77. The van der Waals surface area contributed by atoms with Gasteiger partial charge in [0.1, 0.15) is 5.82 Å². The van der Waals surface area contributed by atoms with E-state index in [1.807, 2.05) is 0 Å². The molecule has 60 valence electrons. The normalized spacial score (nSPS) is 9.82. The third-order valence-electron chi connectivity index (χ3n) is 1.30. The molecule has 0 radical (unpaired) electrons. The van der Waals surface area contributed by atoms with E-state index in [4.69, 9.17) is 0 Å². The maximum Gasteiger partial charge on any atom is 0.163 e. The monoisotopic (exact) mass is 221 g/mol. The molecule has 1 aromatic rings. The number of nitrogens with one attached hydrogen (secondary N) is 1. The number of hydrogen-bond donors (Lipinski definition) is 1. The van der Waals surface area contributed by atoms with Gasteiger partial charge in [-0.2, -0.15) is 0 Å². The average molecular weight is 222 g/mol. The maximum absolute atomic E-state index is 12.9. The lowest BCUT2D eigenvalue weighted by Crippen LogP contribution is -1.94. The molecule has 1 aromatic carbocycles. The Labute approximate surface area is 71.5 Å². The van der Waals surface area contributed by atoms with E-state index in [0.29, 0.717) is 0 Å². The van der Waals surface area contributed by atoms with Crippen LogP contribution in [0.25, 0.3) is 0 Å². The molecule has 1 nitrogen and oxygen atoms in total. The fourth-order valence-corrected chi connectivity index (χ4v) is 1.06. The van der Waals surface area contributed by atoms with E-state index in [-0.39, 0.29) is 10.2 Å². The predicted octanol–water partition coefficient (Wildman–Crippen LogP) is 2.77. The van der Waals surface area contributed by atoms with Gasteiger partial charge in [-0.3, -0.25) is 0 Å². The van der Waals surface area contributed by atoms with Gasteiger partial charge in [-0.15, -0.1) is 0 Å². The molecule has 0 bridgehead atoms. The summed E-state index contributed by atoms with van der Waals surface area (Å²) in [6, 6.07) is 2.54. The topological polar surface area (TPSA) is 12.0 Å². The molecule has 0 saturated carbocycles. The fraction of sp³-hybridized carbons (Fsp3) is 0.143. The lowest BCUT2D eigenvalue weighted by Gasteiger charge is -2.03. The number of benzene rings is 1. The minimum absolute atomic E-state index is 0.135. The van der Waals surface area contributed by atoms with E-state index in [1.54, 1.807) is 7.05 Å². The minimum Gasteiger partial charge on any atom is -0.386 e. The second-order valence-corrected chi connectivity index (χ2v) is 2.77. The van der Waals surface area contributed by atoms with Crippen molar-refractivity contribution in [3.05, 3.63) is 28.2 Å². The van der Waals surface area contributed by atoms with Crippen LogP contribution >= 0.6 is 15.9 Å². The first-order chi connectivity index (χ1) is 5.16. The second kappa shape index (κ2) is 3.17. The summed E-state index contributed by atoms with van der Waals surface area (Å²) in [5.41, 5.74) is 0.276. The van der Waals surface area contributed by atoms with Crippen molar-refractivity contribution in [3.63, 3.8) is 0 Å². The molecule has 11 heavy (non-hydrogen) atoms. The third kappa shape index (κ3) is 1.50. The first-order valence-electron chi connectivity index (χ1n) is 2.98. The summed E-state index contributed by atoms with van der Waals surface area (Å²) < 4.78 is 25.4. The molecule has 0 heterocycles. The molecule has 0 fully saturated rings. The molecule has 0 aliphatic carbocycles. The van der Waals surface area contributed by atoms with Crippen molar-refractivity contribution in [2.45, 2.75) is 0 Å². The van der Waals surface area contributed by atoms with E-state index in [9.17, 15) is 8.78 Å². The molecule has 0 aliphatic heterocycles. The molecule has 1 rings (SSSR count). The number of halogens is 3. The van der Waals surface area contributed by atoms with Crippen LogP contribution in [0.15, 0.2) is 16.6 Å². The van der Waals surface area contributed by atoms with E-state index in [1.165, 1.54) is 12.1 Å². The highest BCUT2D eigenvalue weighted by atomic mass is 79.9. The minimum atomic E-state index is -0.604. The Morgan fingerprint density at radius 1 is 1.36 bits per heavy atom. The van der Waals surface area contributed by atoms with Gasteiger partial charge in [0.05, 0.1) is 10.2 Å². The molecule has 1 N–H and O–H groups in total. The Kier molecular flexibility index (Phi) is 2.44. The van der Waals surface area contributed by atoms with Crippen LogP contribution in [-0.2, 0) is 0 Å². The van der Waals surface area contributed by atoms with Gasteiger partial charge in [-0.25, -0.2) is 8.78 Å². The van der Waals surface area contributed by atoms with Crippen molar-refractivity contribution < 1.29 is 8.78 Å². The van der Waals surface area contributed by atoms with Crippen LogP contribution < -0.4 is 5.32 Å². The first kappa shape index (κ1) is 8.46. The summed E-state index contributed by atoms with van der Waals surface area (Å²) in [5, 5.41) is 2.59. The van der Waals surface area contributed by atoms with Gasteiger partial charge in [-0.05, 0) is 28.1 Å². The molecule has 0 saturated heterocycles. The molecular formula is C7H6BrF2N. The standard InChI is InChI=1S/C7H6BrF2N/c1-11-5-3-2-4(9)6(8)7(5)10/h2-3,11H,1H3. The molecule has 0 spiro atoms. The molecular weight excluding hydrogens is 216 g/mol. The van der Waals surface area contributed by atoms with Crippen molar-refractivity contribution in [2.24, 2.45) is 0 Å². The summed E-state index contributed by atoms with van der Waals surface area (Å²) in [6.07, 6.45) is 0. The Hall–Kier alpha value is -0.640. The van der Waals surface area contributed by atoms with Crippen LogP contribution in [0.2, 0.25) is 0 Å². The van der Waals surface area contributed by atoms with E-state index < -0.39 is 11.6 Å².